The van der Waals surface area contributed by atoms with Crippen molar-refractivity contribution >= 4 is 11.7 Å². The molecule has 0 radical (unpaired) electrons. The van der Waals surface area contributed by atoms with E-state index in [-0.39, 0.29) is 18.0 Å². The van der Waals surface area contributed by atoms with Crippen LogP contribution in [0.2, 0.25) is 0 Å². The van der Waals surface area contributed by atoms with E-state index in [4.69, 9.17) is 9.47 Å². The highest BCUT2D eigenvalue weighted by Gasteiger charge is 2.03. The van der Waals surface area contributed by atoms with Gasteiger partial charge in [-0.05, 0) is 55.7 Å². The summed E-state index contributed by atoms with van der Waals surface area (Å²) in [5.74, 6) is -0.263. The van der Waals surface area contributed by atoms with Crippen LogP contribution in [0.15, 0.2) is 48.5 Å². The van der Waals surface area contributed by atoms with Crippen molar-refractivity contribution < 1.29 is 18.7 Å². The lowest BCUT2D eigenvalue weighted by Gasteiger charge is -2.10. The van der Waals surface area contributed by atoms with Crippen molar-refractivity contribution in [2.75, 3.05) is 25.1 Å². The summed E-state index contributed by atoms with van der Waals surface area (Å²) in [4.78, 5) is 12.0. The predicted molar refractivity (Wildman–Crippen MR) is 104 cm³/mol. The first kappa shape index (κ1) is 20.9. The maximum atomic E-state index is 12.9. The van der Waals surface area contributed by atoms with Crippen LogP contribution < -0.4 is 10.6 Å². The fourth-order valence-electron chi connectivity index (χ4n) is 2.42. The second-order valence-electron chi connectivity index (χ2n) is 6.43. The molecule has 0 spiro atoms. The Kier molecular flexibility index (Phi) is 8.74. The van der Waals surface area contributed by atoms with Crippen molar-refractivity contribution in [1.29, 1.82) is 0 Å². The number of rotatable bonds is 10. The number of carbonyl (C=O) groups excluding carboxylic acids is 1. The van der Waals surface area contributed by atoms with Crippen LogP contribution in [0.1, 0.15) is 25.0 Å². The number of ether oxygens (including phenoxy) is 2. The van der Waals surface area contributed by atoms with Gasteiger partial charge in [0.25, 0.3) is 0 Å². The van der Waals surface area contributed by atoms with Gasteiger partial charge in [-0.1, -0.05) is 24.3 Å². The van der Waals surface area contributed by atoms with Crippen LogP contribution in [-0.4, -0.2) is 31.9 Å². The Bertz CT molecular complexity index is 705. The third-order valence-corrected chi connectivity index (χ3v) is 3.74. The van der Waals surface area contributed by atoms with E-state index in [9.17, 15) is 9.18 Å². The van der Waals surface area contributed by atoms with E-state index in [2.05, 4.69) is 10.6 Å². The molecule has 0 unspecified atom stereocenters. The lowest BCUT2D eigenvalue weighted by Crippen LogP contribution is -2.30. The number of hydrogen-bond donors (Lipinski definition) is 2. The Morgan fingerprint density at radius 2 is 1.85 bits per heavy atom. The lowest BCUT2D eigenvalue weighted by molar-refractivity contribution is 0.0143. The average molecular weight is 374 g/mol. The molecule has 0 aromatic heterocycles. The molecular weight excluding hydrogens is 347 g/mol. The van der Waals surface area contributed by atoms with E-state index >= 15 is 0 Å². The van der Waals surface area contributed by atoms with E-state index in [1.807, 2.05) is 38.1 Å². The standard InChI is InChI=1S/C21H27FN2O3/c1-16(2)27-13-12-26-15-18-4-3-5-20(14-18)24-21(25)23-11-10-17-6-8-19(22)9-7-17/h3-9,14,16H,10-13,15H2,1-2H3,(H2,23,24,25). The third-order valence-electron chi connectivity index (χ3n) is 3.74. The fourth-order valence-corrected chi connectivity index (χ4v) is 2.42. The number of carbonyl (C=O) groups is 1. The maximum absolute atomic E-state index is 12.9. The van der Waals surface area contributed by atoms with Crippen LogP contribution in [-0.2, 0) is 22.5 Å². The summed E-state index contributed by atoms with van der Waals surface area (Å²) in [5.41, 5.74) is 2.65. The van der Waals surface area contributed by atoms with E-state index in [1.165, 1.54) is 12.1 Å². The van der Waals surface area contributed by atoms with Gasteiger partial charge in [-0.25, -0.2) is 9.18 Å². The first-order chi connectivity index (χ1) is 13.0. The SMILES string of the molecule is CC(C)OCCOCc1cccc(NC(=O)NCCc2ccc(F)cc2)c1. The monoisotopic (exact) mass is 374 g/mol. The van der Waals surface area contributed by atoms with Gasteiger partial charge in [-0.3, -0.25) is 0 Å². The highest BCUT2D eigenvalue weighted by Crippen LogP contribution is 2.11. The molecule has 27 heavy (non-hydrogen) atoms. The fraction of sp³-hybridized carbons (Fsp3) is 0.381. The molecule has 5 nitrogen and oxygen atoms in total. The summed E-state index contributed by atoms with van der Waals surface area (Å²) in [6.45, 7) is 5.99. The summed E-state index contributed by atoms with van der Waals surface area (Å²) in [6.07, 6.45) is 0.836. The van der Waals surface area contributed by atoms with Gasteiger partial charge in [-0.15, -0.1) is 0 Å². The van der Waals surface area contributed by atoms with Crippen molar-refractivity contribution in [1.82, 2.24) is 5.32 Å². The molecule has 0 atom stereocenters. The van der Waals surface area contributed by atoms with Crippen LogP contribution in [0, 0.1) is 5.82 Å². The van der Waals surface area contributed by atoms with Crippen LogP contribution in [0.25, 0.3) is 0 Å². The van der Waals surface area contributed by atoms with E-state index < -0.39 is 0 Å². The smallest absolute Gasteiger partial charge is 0.319 e. The molecule has 0 aliphatic carbocycles. The van der Waals surface area contributed by atoms with Gasteiger partial charge in [0.15, 0.2) is 0 Å². The second-order valence-corrected chi connectivity index (χ2v) is 6.43. The number of amides is 2. The van der Waals surface area contributed by atoms with Crippen molar-refractivity contribution in [2.24, 2.45) is 0 Å². The van der Waals surface area contributed by atoms with Gasteiger partial charge < -0.3 is 20.1 Å². The highest BCUT2D eigenvalue weighted by molar-refractivity contribution is 5.89. The minimum absolute atomic E-state index is 0.197. The number of hydrogen-bond acceptors (Lipinski definition) is 3. The van der Waals surface area contributed by atoms with Crippen LogP contribution in [0.4, 0.5) is 14.9 Å². The molecule has 2 aromatic carbocycles. The van der Waals surface area contributed by atoms with Gasteiger partial charge >= 0.3 is 6.03 Å². The molecule has 2 rings (SSSR count). The molecule has 0 aliphatic rings. The Labute approximate surface area is 159 Å². The normalized spacial score (nSPS) is 10.8. The van der Waals surface area contributed by atoms with E-state index in [0.717, 1.165) is 11.1 Å². The number of anilines is 1. The van der Waals surface area contributed by atoms with Gasteiger partial charge in [0.05, 0.1) is 25.9 Å². The summed E-state index contributed by atoms with van der Waals surface area (Å²) < 4.78 is 23.9. The van der Waals surface area contributed by atoms with Crippen molar-refractivity contribution in [3.8, 4) is 0 Å². The zero-order valence-corrected chi connectivity index (χ0v) is 15.8. The summed E-state index contributed by atoms with van der Waals surface area (Å²) in [7, 11) is 0. The lowest BCUT2D eigenvalue weighted by atomic mass is 10.1. The number of nitrogens with one attached hydrogen (secondary N) is 2. The largest absolute Gasteiger partial charge is 0.376 e. The molecule has 2 N–H and O–H groups in total. The molecule has 0 bridgehead atoms. The van der Waals surface area contributed by atoms with Gasteiger partial charge in [0.2, 0.25) is 0 Å². The quantitative estimate of drug-likeness (QED) is 0.615. The van der Waals surface area contributed by atoms with E-state index in [0.29, 0.717) is 38.5 Å². The summed E-state index contributed by atoms with van der Waals surface area (Å²) >= 11 is 0. The van der Waals surface area contributed by atoms with Crippen LogP contribution in [0.3, 0.4) is 0 Å². The van der Waals surface area contributed by atoms with Gasteiger partial charge in [-0.2, -0.15) is 0 Å². The van der Waals surface area contributed by atoms with Crippen molar-refractivity contribution in [3.63, 3.8) is 0 Å². The molecule has 146 valence electrons. The molecule has 2 aromatic rings. The number of halogens is 1. The van der Waals surface area contributed by atoms with Crippen LogP contribution >= 0.6 is 0 Å². The minimum Gasteiger partial charge on any atom is -0.376 e. The average Bonchev–Trinajstić information content (AvgIpc) is 2.63. The summed E-state index contributed by atoms with van der Waals surface area (Å²) in [6, 6.07) is 13.5. The first-order valence-electron chi connectivity index (χ1n) is 9.10. The molecular formula is C21H27FN2O3. The minimum atomic E-state index is -0.277. The molecule has 0 saturated heterocycles. The molecule has 0 aliphatic heterocycles. The zero-order valence-electron chi connectivity index (χ0n) is 15.8. The van der Waals surface area contributed by atoms with Crippen LogP contribution in [0.5, 0.6) is 0 Å². The molecule has 0 heterocycles. The Morgan fingerprint density at radius 3 is 2.59 bits per heavy atom. The molecule has 6 heteroatoms. The first-order valence-corrected chi connectivity index (χ1v) is 9.10. The molecule has 0 fully saturated rings. The Hall–Kier alpha value is -2.44. The maximum Gasteiger partial charge on any atom is 0.319 e. The van der Waals surface area contributed by atoms with E-state index in [1.54, 1.807) is 12.1 Å². The molecule has 2 amide bonds. The van der Waals surface area contributed by atoms with Crippen molar-refractivity contribution in [2.45, 2.75) is 33.0 Å². The number of benzene rings is 2. The Balaban J connectivity index is 1.69. The Morgan fingerprint density at radius 1 is 1.07 bits per heavy atom. The highest BCUT2D eigenvalue weighted by atomic mass is 19.1. The summed E-state index contributed by atoms with van der Waals surface area (Å²) in [5, 5.41) is 5.60. The van der Waals surface area contributed by atoms with Crippen molar-refractivity contribution in [3.05, 3.63) is 65.5 Å². The van der Waals surface area contributed by atoms with Gasteiger partial charge in [0, 0.05) is 12.2 Å². The zero-order chi connectivity index (χ0) is 19.5. The molecule has 0 saturated carbocycles. The second kappa shape index (κ2) is 11.3. The predicted octanol–water partition coefficient (Wildman–Crippen LogP) is 4.13. The number of urea groups is 1. The third kappa shape index (κ3) is 8.66. The van der Waals surface area contributed by atoms with Gasteiger partial charge in [0.1, 0.15) is 5.82 Å². The topological polar surface area (TPSA) is 59.6 Å².